The molecule has 0 N–H and O–H groups in total. The monoisotopic (exact) mass is 665 g/mol. The van der Waals surface area contributed by atoms with Crippen LogP contribution < -0.4 is 14.7 Å². The van der Waals surface area contributed by atoms with Crippen molar-refractivity contribution in [2.75, 3.05) is 40.9 Å². The van der Waals surface area contributed by atoms with Gasteiger partial charge in [0.15, 0.2) is 0 Å². The van der Waals surface area contributed by atoms with E-state index in [9.17, 15) is 0 Å². The summed E-state index contributed by atoms with van der Waals surface area (Å²) in [4.78, 5) is 7.22. The molecule has 50 heavy (non-hydrogen) atoms. The van der Waals surface area contributed by atoms with Crippen molar-refractivity contribution in [2.45, 2.75) is 86.0 Å². The van der Waals surface area contributed by atoms with E-state index in [1.165, 1.54) is 56.3 Å². The average Bonchev–Trinajstić information content (AvgIpc) is 3.16. The SMILES string of the molecule is CCCC(c1ccc(N(CC)CC)cc1)c1ccc(N(c2ccc(C)cc2)c2ccc(C(CCC)c3ccc(N(CC)CC)cc3)cc2)cc1. The molecule has 0 radical (unpaired) electrons. The van der Waals surface area contributed by atoms with Crippen molar-refractivity contribution in [2.24, 2.45) is 0 Å². The van der Waals surface area contributed by atoms with Crippen molar-refractivity contribution >= 4 is 28.4 Å². The summed E-state index contributed by atoms with van der Waals surface area (Å²) in [6.07, 6.45) is 4.55. The molecule has 0 saturated carbocycles. The predicted molar refractivity (Wildman–Crippen MR) is 219 cm³/mol. The van der Waals surface area contributed by atoms with E-state index in [2.05, 4.69) is 184 Å². The fraction of sp³-hybridized carbons (Fsp3) is 0.362. The fourth-order valence-electron chi connectivity index (χ4n) is 7.49. The Hall–Kier alpha value is -4.50. The summed E-state index contributed by atoms with van der Waals surface area (Å²) in [6, 6.07) is 46.1. The quantitative estimate of drug-likeness (QED) is 0.0978. The fourth-order valence-corrected chi connectivity index (χ4v) is 7.49. The number of anilines is 5. The van der Waals surface area contributed by atoms with Crippen LogP contribution >= 0.6 is 0 Å². The zero-order chi connectivity index (χ0) is 35.5. The van der Waals surface area contributed by atoms with Gasteiger partial charge in [0.2, 0.25) is 0 Å². The molecule has 3 heteroatoms. The molecule has 0 aliphatic carbocycles. The van der Waals surface area contributed by atoms with Crippen LogP contribution in [0.1, 0.15) is 107 Å². The van der Waals surface area contributed by atoms with Gasteiger partial charge in [0.05, 0.1) is 0 Å². The lowest BCUT2D eigenvalue weighted by atomic mass is 9.87. The number of benzene rings is 5. The summed E-state index contributed by atoms with van der Waals surface area (Å²) < 4.78 is 0. The summed E-state index contributed by atoms with van der Waals surface area (Å²) in [5.41, 5.74) is 12.9. The molecular weight excluding hydrogens is 607 g/mol. The maximum absolute atomic E-state index is 2.41. The standard InChI is InChI=1S/C47H59N3/c1-8-14-46(37-18-28-41(29-19-37)48(10-3)11-4)39-22-32-44(33-23-39)50(43-26-16-36(7)17-27-43)45-34-24-40(25-35-45)47(15-9-2)38-20-30-42(31-21-38)49(12-5)13-6/h16-35,46-47H,8-15H2,1-7H3. The first-order valence-corrected chi connectivity index (χ1v) is 19.2. The first kappa shape index (κ1) is 36.8. The van der Waals surface area contributed by atoms with E-state index in [4.69, 9.17) is 0 Å². The maximum Gasteiger partial charge on any atom is 0.0461 e. The van der Waals surface area contributed by atoms with E-state index in [1.54, 1.807) is 0 Å². The summed E-state index contributed by atoms with van der Waals surface area (Å²) in [5, 5.41) is 0. The zero-order valence-corrected chi connectivity index (χ0v) is 31.7. The Morgan fingerprint density at radius 3 is 0.880 bits per heavy atom. The predicted octanol–water partition coefficient (Wildman–Crippen LogP) is 13.0. The first-order chi connectivity index (χ1) is 24.4. The van der Waals surface area contributed by atoms with Crippen molar-refractivity contribution in [3.8, 4) is 0 Å². The van der Waals surface area contributed by atoms with Crippen molar-refractivity contribution in [1.82, 2.24) is 0 Å². The molecule has 0 bridgehead atoms. The molecule has 5 rings (SSSR count). The molecule has 0 fully saturated rings. The Bertz CT molecular complexity index is 1590. The second-order valence-corrected chi connectivity index (χ2v) is 13.6. The molecule has 3 nitrogen and oxygen atoms in total. The highest BCUT2D eigenvalue weighted by molar-refractivity contribution is 5.77. The highest BCUT2D eigenvalue weighted by Gasteiger charge is 2.19. The average molecular weight is 666 g/mol. The van der Waals surface area contributed by atoms with Gasteiger partial charge >= 0.3 is 0 Å². The van der Waals surface area contributed by atoms with Crippen LogP contribution in [0, 0.1) is 6.92 Å². The Morgan fingerprint density at radius 1 is 0.360 bits per heavy atom. The van der Waals surface area contributed by atoms with Crippen molar-refractivity contribution in [3.05, 3.63) is 149 Å². The van der Waals surface area contributed by atoms with Crippen LogP contribution in [0.2, 0.25) is 0 Å². The number of aryl methyl sites for hydroxylation is 1. The minimum absolute atomic E-state index is 0.378. The zero-order valence-electron chi connectivity index (χ0n) is 31.7. The molecule has 262 valence electrons. The molecule has 0 aliphatic heterocycles. The highest BCUT2D eigenvalue weighted by Crippen LogP contribution is 2.39. The first-order valence-electron chi connectivity index (χ1n) is 19.2. The molecule has 0 aliphatic rings. The third kappa shape index (κ3) is 8.62. The second-order valence-electron chi connectivity index (χ2n) is 13.6. The number of nitrogens with zero attached hydrogens (tertiary/aromatic N) is 3. The molecule has 2 unspecified atom stereocenters. The van der Waals surface area contributed by atoms with Crippen LogP contribution in [0.25, 0.3) is 0 Å². The lowest BCUT2D eigenvalue weighted by Crippen LogP contribution is -2.21. The van der Waals surface area contributed by atoms with Gasteiger partial charge in [-0.1, -0.05) is 92.9 Å². The van der Waals surface area contributed by atoms with Crippen molar-refractivity contribution in [3.63, 3.8) is 0 Å². The van der Waals surface area contributed by atoms with Crippen LogP contribution in [0.4, 0.5) is 28.4 Å². The van der Waals surface area contributed by atoms with Crippen LogP contribution in [-0.4, -0.2) is 26.2 Å². The molecule has 0 amide bonds. The van der Waals surface area contributed by atoms with Crippen LogP contribution in [0.3, 0.4) is 0 Å². The maximum atomic E-state index is 2.41. The smallest absolute Gasteiger partial charge is 0.0461 e. The summed E-state index contributed by atoms with van der Waals surface area (Å²) in [6.45, 7) is 19.8. The van der Waals surface area contributed by atoms with Gasteiger partial charge in [-0.15, -0.1) is 0 Å². The van der Waals surface area contributed by atoms with Gasteiger partial charge < -0.3 is 14.7 Å². The van der Waals surface area contributed by atoms with Crippen LogP contribution in [0.5, 0.6) is 0 Å². The highest BCUT2D eigenvalue weighted by atomic mass is 15.1. The molecular formula is C47H59N3. The van der Waals surface area contributed by atoms with Gasteiger partial charge in [0, 0.05) is 66.5 Å². The largest absolute Gasteiger partial charge is 0.372 e. The van der Waals surface area contributed by atoms with E-state index in [0.29, 0.717) is 11.8 Å². The minimum Gasteiger partial charge on any atom is -0.372 e. The Kier molecular flexibility index (Phi) is 13.2. The second kappa shape index (κ2) is 17.9. The van der Waals surface area contributed by atoms with Gasteiger partial charge in [-0.2, -0.15) is 0 Å². The summed E-state index contributed by atoms with van der Waals surface area (Å²) >= 11 is 0. The molecule has 0 spiro atoms. The molecule has 5 aromatic rings. The molecule has 5 aromatic carbocycles. The summed E-state index contributed by atoms with van der Waals surface area (Å²) in [5.74, 6) is 0.756. The number of hydrogen-bond acceptors (Lipinski definition) is 3. The van der Waals surface area contributed by atoms with Gasteiger partial charge in [-0.3, -0.25) is 0 Å². The lowest BCUT2D eigenvalue weighted by Gasteiger charge is -2.27. The topological polar surface area (TPSA) is 9.72 Å². The van der Waals surface area contributed by atoms with E-state index in [-0.39, 0.29) is 0 Å². The Balaban J connectivity index is 1.45. The van der Waals surface area contributed by atoms with Gasteiger partial charge in [-0.05, 0) is 130 Å². The molecule has 0 saturated heterocycles. The van der Waals surface area contributed by atoms with Gasteiger partial charge in [-0.25, -0.2) is 0 Å². The van der Waals surface area contributed by atoms with Crippen LogP contribution in [0.15, 0.2) is 121 Å². The van der Waals surface area contributed by atoms with Crippen molar-refractivity contribution in [1.29, 1.82) is 0 Å². The van der Waals surface area contributed by atoms with E-state index in [1.807, 2.05) is 0 Å². The van der Waals surface area contributed by atoms with Gasteiger partial charge in [0.1, 0.15) is 0 Å². The number of hydrogen-bond donors (Lipinski definition) is 0. The number of rotatable bonds is 17. The molecule has 0 heterocycles. The normalized spacial score (nSPS) is 12.4. The molecule has 0 aromatic heterocycles. The summed E-state index contributed by atoms with van der Waals surface area (Å²) in [7, 11) is 0. The van der Waals surface area contributed by atoms with Crippen molar-refractivity contribution < 1.29 is 0 Å². The minimum atomic E-state index is 0.378. The molecule has 2 atom stereocenters. The Morgan fingerprint density at radius 2 is 0.620 bits per heavy atom. The van der Waals surface area contributed by atoms with E-state index in [0.717, 1.165) is 51.9 Å². The third-order valence-electron chi connectivity index (χ3n) is 10.4. The van der Waals surface area contributed by atoms with E-state index < -0.39 is 0 Å². The van der Waals surface area contributed by atoms with Crippen LogP contribution in [-0.2, 0) is 0 Å². The Labute approximate surface area is 303 Å². The third-order valence-corrected chi connectivity index (χ3v) is 10.4. The van der Waals surface area contributed by atoms with Gasteiger partial charge in [0.25, 0.3) is 0 Å². The van der Waals surface area contributed by atoms with E-state index >= 15 is 0 Å². The lowest BCUT2D eigenvalue weighted by molar-refractivity contribution is 0.698.